The summed E-state index contributed by atoms with van der Waals surface area (Å²) in [5.74, 6) is 1.32. The normalized spacial score (nSPS) is 10.1. The van der Waals surface area contributed by atoms with Crippen LogP contribution in [0.1, 0.15) is 10.4 Å². The van der Waals surface area contributed by atoms with Gasteiger partial charge in [-0.3, -0.25) is 9.78 Å². The van der Waals surface area contributed by atoms with Crippen LogP contribution in [-0.2, 0) is 0 Å². The Kier molecular flexibility index (Phi) is 4.16. The van der Waals surface area contributed by atoms with Crippen LogP contribution in [0.15, 0.2) is 35.1 Å². The van der Waals surface area contributed by atoms with Gasteiger partial charge in [0, 0.05) is 29.1 Å². The van der Waals surface area contributed by atoms with Crippen molar-refractivity contribution in [2.75, 3.05) is 14.2 Å². The Bertz CT molecular complexity index is 614. The van der Waals surface area contributed by atoms with Crippen molar-refractivity contribution in [3.63, 3.8) is 0 Å². The molecular formula is C14H12BrNO3. The van der Waals surface area contributed by atoms with Gasteiger partial charge in [0.05, 0.1) is 14.2 Å². The molecule has 0 atom stereocenters. The molecule has 1 aromatic carbocycles. The van der Waals surface area contributed by atoms with Gasteiger partial charge in [0.15, 0.2) is 6.29 Å². The molecule has 0 aliphatic rings. The van der Waals surface area contributed by atoms with E-state index in [2.05, 4.69) is 20.9 Å². The van der Waals surface area contributed by atoms with E-state index in [9.17, 15) is 4.79 Å². The summed E-state index contributed by atoms with van der Waals surface area (Å²) in [5.41, 5.74) is 2.17. The monoisotopic (exact) mass is 321 g/mol. The number of aromatic nitrogens is 1. The molecule has 4 nitrogen and oxygen atoms in total. The van der Waals surface area contributed by atoms with Gasteiger partial charge in [0.25, 0.3) is 0 Å². The Hall–Kier alpha value is -1.88. The van der Waals surface area contributed by atoms with Crippen LogP contribution in [0.2, 0.25) is 0 Å². The van der Waals surface area contributed by atoms with Crippen molar-refractivity contribution in [1.29, 1.82) is 0 Å². The van der Waals surface area contributed by atoms with Crippen molar-refractivity contribution < 1.29 is 14.3 Å². The van der Waals surface area contributed by atoms with Crippen LogP contribution in [0.3, 0.4) is 0 Å². The molecule has 0 aliphatic carbocycles. The van der Waals surface area contributed by atoms with Crippen LogP contribution in [0, 0.1) is 0 Å². The predicted molar refractivity (Wildman–Crippen MR) is 75.9 cm³/mol. The van der Waals surface area contributed by atoms with Gasteiger partial charge in [-0.05, 0) is 34.1 Å². The van der Waals surface area contributed by atoms with Crippen molar-refractivity contribution >= 4 is 22.2 Å². The maximum atomic E-state index is 10.8. The fourth-order valence-corrected chi connectivity index (χ4v) is 2.46. The van der Waals surface area contributed by atoms with E-state index in [1.54, 1.807) is 26.5 Å². The second-order valence-electron chi connectivity index (χ2n) is 3.79. The molecule has 98 valence electrons. The van der Waals surface area contributed by atoms with Gasteiger partial charge in [0.1, 0.15) is 16.0 Å². The van der Waals surface area contributed by atoms with Crippen LogP contribution in [-0.4, -0.2) is 25.5 Å². The zero-order valence-electron chi connectivity index (χ0n) is 10.5. The topological polar surface area (TPSA) is 48.4 Å². The third kappa shape index (κ3) is 2.61. The minimum absolute atomic E-state index is 0.520. The van der Waals surface area contributed by atoms with Crippen LogP contribution < -0.4 is 9.47 Å². The lowest BCUT2D eigenvalue weighted by Crippen LogP contribution is -1.94. The summed E-state index contributed by atoms with van der Waals surface area (Å²) in [7, 11) is 3.17. The smallest absolute Gasteiger partial charge is 0.151 e. The standard InChI is InChI=1S/C14H12BrNO3/c1-18-12-4-3-11(14(19-2)13(12)15)10-5-9(8-17)6-16-7-10/h3-8H,1-2H3. The summed E-state index contributed by atoms with van der Waals surface area (Å²) < 4.78 is 11.4. The number of aldehydes is 1. The van der Waals surface area contributed by atoms with Crippen molar-refractivity contribution in [3.05, 3.63) is 40.6 Å². The van der Waals surface area contributed by atoms with Gasteiger partial charge >= 0.3 is 0 Å². The molecule has 1 heterocycles. The number of hydrogen-bond acceptors (Lipinski definition) is 4. The number of carbonyl (C=O) groups is 1. The van der Waals surface area contributed by atoms with Gasteiger partial charge in [-0.1, -0.05) is 0 Å². The highest BCUT2D eigenvalue weighted by Crippen LogP contribution is 2.41. The first kappa shape index (κ1) is 13.5. The number of pyridine rings is 1. The van der Waals surface area contributed by atoms with Crippen LogP contribution in [0.4, 0.5) is 0 Å². The third-order valence-corrected chi connectivity index (χ3v) is 3.44. The second-order valence-corrected chi connectivity index (χ2v) is 4.58. The van der Waals surface area contributed by atoms with E-state index in [1.165, 1.54) is 6.20 Å². The van der Waals surface area contributed by atoms with E-state index >= 15 is 0 Å². The molecule has 5 heteroatoms. The number of ether oxygens (including phenoxy) is 2. The van der Waals surface area contributed by atoms with E-state index in [0.717, 1.165) is 21.9 Å². The van der Waals surface area contributed by atoms with Crippen molar-refractivity contribution in [3.8, 4) is 22.6 Å². The molecule has 0 radical (unpaired) electrons. The molecule has 2 rings (SSSR count). The maximum absolute atomic E-state index is 10.8. The zero-order chi connectivity index (χ0) is 13.8. The van der Waals surface area contributed by atoms with Gasteiger partial charge in [-0.15, -0.1) is 0 Å². The summed E-state index contributed by atoms with van der Waals surface area (Å²) >= 11 is 3.45. The molecule has 0 saturated heterocycles. The Morgan fingerprint density at radius 3 is 2.63 bits per heavy atom. The number of benzene rings is 1. The second kappa shape index (κ2) is 5.84. The molecule has 0 bridgehead atoms. The maximum Gasteiger partial charge on any atom is 0.151 e. The molecule has 0 saturated carbocycles. The number of rotatable bonds is 4. The van der Waals surface area contributed by atoms with E-state index in [0.29, 0.717) is 17.1 Å². The minimum atomic E-state index is 0.520. The molecule has 0 aliphatic heterocycles. The third-order valence-electron chi connectivity index (χ3n) is 2.69. The number of nitrogens with zero attached hydrogens (tertiary/aromatic N) is 1. The van der Waals surface area contributed by atoms with Gasteiger partial charge in [-0.2, -0.15) is 0 Å². The number of carbonyl (C=O) groups excluding carboxylic acids is 1. The van der Waals surface area contributed by atoms with Gasteiger partial charge < -0.3 is 9.47 Å². The molecule has 2 aromatic rings. The molecule has 0 spiro atoms. The van der Waals surface area contributed by atoms with Crippen molar-refractivity contribution in [2.24, 2.45) is 0 Å². The molecular weight excluding hydrogens is 310 g/mol. The van der Waals surface area contributed by atoms with E-state index in [4.69, 9.17) is 9.47 Å². The van der Waals surface area contributed by atoms with Gasteiger partial charge in [0.2, 0.25) is 0 Å². The molecule has 0 fully saturated rings. The number of halogens is 1. The lowest BCUT2D eigenvalue weighted by atomic mass is 10.0. The summed E-state index contributed by atoms with van der Waals surface area (Å²) in [4.78, 5) is 14.9. The molecule has 19 heavy (non-hydrogen) atoms. The lowest BCUT2D eigenvalue weighted by Gasteiger charge is -2.13. The minimum Gasteiger partial charge on any atom is -0.495 e. The summed E-state index contributed by atoms with van der Waals surface area (Å²) in [5, 5.41) is 0. The fourth-order valence-electron chi connectivity index (χ4n) is 1.79. The lowest BCUT2D eigenvalue weighted by molar-refractivity contribution is 0.112. The molecule has 0 amide bonds. The van der Waals surface area contributed by atoms with Gasteiger partial charge in [-0.25, -0.2) is 0 Å². The van der Waals surface area contributed by atoms with Crippen molar-refractivity contribution in [1.82, 2.24) is 4.98 Å². The Morgan fingerprint density at radius 1 is 1.21 bits per heavy atom. The summed E-state index contributed by atoms with van der Waals surface area (Å²) in [6, 6.07) is 5.46. The van der Waals surface area contributed by atoms with Crippen LogP contribution in [0.25, 0.3) is 11.1 Å². The first-order chi connectivity index (χ1) is 9.21. The first-order valence-electron chi connectivity index (χ1n) is 5.52. The van der Waals surface area contributed by atoms with Crippen molar-refractivity contribution in [2.45, 2.75) is 0 Å². The van der Waals surface area contributed by atoms with Crippen LogP contribution in [0.5, 0.6) is 11.5 Å². The molecule has 0 N–H and O–H groups in total. The average Bonchev–Trinajstić information content (AvgIpc) is 2.47. The zero-order valence-corrected chi connectivity index (χ0v) is 12.1. The van der Waals surface area contributed by atoms with Crippen LogP contribution >= 0.6 is 15.9 Å². The fraction of sp³-hybridized carbons (Fsp3) is 0.143. The molecule has 0 unspecified atom stereocenters. The highest BCUT2D eigenvalue weighted by atomic mass is 79.9. The highest BCUT2D eigenvalue weighted by Gasteiger charge is 2.14. The first-order valence-corrected chi connectivity index (χ1v) is 6.31. The quantitative estimate of drug-likeness (QED) is 0.810. The largest absolute Gasteiger partial charge is 0.495 e. The highest BCUT2D eigenvalue weighted by molar-refractivity contribution is 9.10. The Labute approximate surface area is 119 Å². The predicted octanol–water partition coefficient (Wildman–Crippen LogP) is 3.34. The average molecular weight is 322 g/mol. The molecule has 1 aromatic heterocycles. The Balaban J connectivity index is 2.61. The number of hydrogen-bond donors (Lipinski definition) is 0. The SMILES string of the molecule is COc1ccc(-c2cncc(C=O)c2)c(OC)c1Br. The van der Waals surface area contributed by atoms with E-state index < -0.39 is 0 Å². The number of methoxy groups -OCH3 is 2. The Morgan fingerprint density at radius 2 is 2.00 bits per heavy atom. The summed E-state index contributed by atoms with van der Waals surface area (Å²) in [6.07, 6.45) is 3.97. The summed E-state index contributed by atoms with van der Waals surface area (Å²) in [6.45, 7) is 0. The van der Waals surface area contributed by atoms with E-state index in [-0.39, 0.29) is 0 Å². The van der Waals surface area contributed by atoms with E-state index in [1.807, 2.05) is 12.1 Å².